The highest BCUT2D eigenvalue weighted by Gasteiger charge is 2.25. The van der Waals surface area contributed by atoms with Gasteiger partial charge in [0.05, 0.1) is 6.61 Å². The highest BCUT2D eigenvalue weighted by molar-refractivity contribution is 7.98. The number of para-hydroxylation sites is 1. The third kappa shape index (κ3) is 4.13. The molecule has 3 heterocycles. The lowest BCUT2D eigenvalue weighted by molar-refractivity contribution is 0.140. The summed E-state index contributed by atoms with van der Waals surface area (Å²) in [6.45, 7) is 5.53. The number of hydrogen-bond donors (Lipinski definition) is 0. The molecule has 6 heteroatoms. The van der Waals surface area contributed by atoms with Gasteiger partial charge in [-0.2, -0.15) is 0 Å². The molecule has 2 saturated heterocycles. The Kier molecular flexibility index (Phi) is 5.92. The van der Waals surface area contributed by atoms with Gasteiger partial charge in [-0.05, 0) is 62.6 Å². The number of ether oxygens (including phenoxy) is 1. The Bertz CT molecular complexity index is 691. The molecule has 0 bridgehead atoms. The first-order valence-electron chi connectivity index (χ1n) is 9.67. The topological polar surface area (TPSA) is 43.2 Å². The summed E-state index contributed by atoms with van der Waals surface area (Å²) in [5.74, 6) is 2.55. The van der Waals surface area contributed by atoms with Gasteiger partial charge in [0.1, 0.15) is 5.82 Å². The van der Waals surface area contributed by atoms with Crippen LogP contribution in [0.2, 0.25) is 0 Å². The first-order chi connectivity index (χ1) is 12.8. The van der Waals surface area contributed by atoms with Crippen molar-refractivity contribution < 1.29 is 4.74 Å². The maximum atomic E-state index is 5.52. The summed E-state index contributed by atoms with van der Waals surface area (Å²) in [7, 11) is 0. The Balaban J connectivity index is 1.38. The van der Waals surface area contributed by atoms with Crippen molar-refractivity contribution in [3.8, 4) is 5.69 Å². The Morgan fingerprint density at radius 1 is 1.08 bits per heavy atom. The first kappa shape index (κ1) is 18.0. The van der Waals surface area contributed by atoms with Crippen molar-refractivity contribution in [2.75, 3.05) is 39.1 Å². The smallest absolute Gasteiger partial charge is 0.195 e. The molecule has 0 spiro atoms. The van der Waals surface area contributed by atoms with Crippen LogP contribution in [0.15, 0.2) is 35.5 Å². The number of likely N-dealkylation sites (tertiary alicyclic amines) is 1. The summed E-state index contributed by atoms with van der Waals surface area (Å²) in [5, 5.41) is 9.91. The molecule has 2 aliphatic rings. The molecule has 4 rings (SSSR count). The number of hydrogen-bond acceptors (Lipinski definition) is 5. The lowest BCUT2D eigenvalue weighted by Gasteiger charge is -2.33. The number of aromatic nitrogens is 3. The summed E-state index contributed by atoms with van der Waals surface area (Å²) < 4.78 is 7.75. The molecule has 2 fully saturated rings. The summed E-state index contributed by atoms with van der Waals surface area (Å²) in [6, 6.07) is 10.5. The molecule has 1 atom stereocenters. The zero-order chi connectivity index (χ0) is 17.8. The van der Waals surface area contributed by atoms with Gasteiger partial charge in [0.15, 0.2) is 5.16 Å². The second-order valence-corrected chi connectivity index (χ2v) is 8.23. The Labute approximate surface area is 160 Å². The fourth-order valence-electron chi connectivity index (χ4n) is 4.12. The maximum Gasteiger partial charge on any atom is 0.195 e. The fourth-order valence-corrected chi connectivity index (χ4v) is 4.64. The van der Waals surface area contributed by atoms with Gasteiger partial charge in [-0.25, -0.2) is 0 Å². The van der Waals surface area contributed by atoms with E-state index in [9.17, 15) is 0 Å². The highest BCUT2D eigenvalue weighted by atomic mass is 32.2. The lowest BCUT2D eigenvalue weighted by Crippen LogP contribution is -2.38. The van der Waals surface area contributed by atoms with E-state index in [4.69, 9.17) is 4.74 Å². The summed E-state index contributed by atoms with van der Waals surface area (Å²) in [4.78, 5) is 2.63. The molecule has 0 amide bonds. The van der Waals surface area contributed by atoms with Crippen molar-refractivity contribution in [2.45, 2.75) is 30.8 Å². The van der Waals surface area contributed by atoms with E-state index in [1.54, 1.807) is 11.8 Å². The number of nitrogens with zero attached hydrogens (tertiary/aromatic N) is 4. The Morgan fingerprint density at radius 2 is 1.88 bits per heavy atom. The molecule has 1 aromatic heterocycles. The normalized spacial score (nSPS) is 22.1. The molecule has 0 N–H and O–H groups in total. The second-order valence-electron chi connectivity index (χ2n) is 7.45. The molecule has 140 valence electrons. The molecule has 2 aliphatic heterocycles. The minimum atomic E-state index is 0.701. The van der Waals surface area contributed by atoms with Crippen LogP contribution in [0.3, 0.4) is 0 Å². The quantitative estimate of drug-likeness (QED) is 0.728. The molecule has 2 aromatic rings. The van der Waals surface area contributed by atoms with Crippen molar-refractivity contribution >= 4 is 11.8 Å². The van der Waals surface area contributed by atoms with Gasteiger partial charge < -0.3 is 9.64 Å². The third-order valence-corrected chi connectivity index (χ3v) is 6.25. The summed E-state index contributed by atoms with van der Waals surface area (Å²) >= 11 is 1.66. The van der Waals surface area contributed by atoms with Gasteiger partial charge in [-0.15, -0.1) is 10.2 Å². The number of rotatable bonds is 6. The fraction of sp³-hybridized carbons (Fsp3) is 0.600. The predicted molar refractivity (Wildman–Crippen MR) is 105 cm³/mol. The molecule has 1 aromatic carbocycles. The van der Waals surface area contributed by atoms with E-state index in [2.05, 4.69) is 56.3 Å². The van der Waals surface area contributed by atoms with Crippen LogP contribution < -0.4 is 0 Å². The standard InChI is InChI=1S/C20H28N4OS/c1-26-20-22-21-19(24(20)18-5-3-2-4-6-18)13-16-7-10-23(11-8-16)14-17-9-12-25-15-17/h2-6,16-17H,7-15H2,1H3. The van der Waals surface area contributed by atoms with E-state index in [1.807, 2.05) is 0 Å². The van der Waals surface area contributed by atoms with Crippen molar-refractivity contribution in [1.82, 2.24) is 19.7 Å². The van der Waals surface area contributed by atoms with Gasteiger partial charge in [0.2, 0.25) is 0 Å². The number of benzene rings is 1. The van der Waals surface area contributed by atoms with Crippen LogP contribution in [0.5, 0.6) is 0 Å². The van der Waals surface area contributed by atoms with Crippen molar-refractivity contribution in [3.05, 3.63) is 36.2 Å². The minimum absolute atomic E-state index is 0.701. The van der Waals surface area contributed by atoms with E-state index in [-0.39, 0.29) is 0 Å². The number of thioether (sulfide) groups is 1. The number of piperidine rings is 1. The molecule has 1 unspecified atom stereocenters. The molecule has 26 heavy (non-hydrogen) atoms. The van der Waals surface area contributed by atoms with Crippen LogP contribution in [0.1, 0.15) is 25.1 Å². The van der Waals surface area contributed by atoms with Crippen molar-refractivity contribution in [1.29, 1.82) is 0 Å². The summed E-state index contributed by atoms with van der Waals surface area (Å²) in [5.41, 5.74) is 1.16. The van der Waals surface area contributed by atoms with Gasteiger partial charge in [-0.1, -0.05) is 30.0 Å². The van der Waals surface area contributed by atoms with Crippen LogP contribution in [-0.4, -0.2) is 58.8 Å². The van der Waals surface area contributed by atoms with Crippen molar-refractivity contribution in [2.24, 2.45) is 11.8 Å². The minimum Gasteiger partial charge on any atom is -0.381 e. The van der Waals surface area contributed by atoms with E-state index >= 15 is 0 Å². The molecular weight excluding hydrogens is 344 g/mol. The Morgan fingerprint density at radius 3 is 2.58 bits per heavy atom. The first-order valence-corrected chi connectivity index (χ1v) is 10.9. The van der Waals surface area contributed by atoms with Crippen LogP contribution in [0, 0.1) is 11.8 Å². The highest BCUT2D eigenvalue weighted by Crippen LogP contribution is 2.26. The molecule has 5 nitrogen and oxygen atoms in total. The van der Waals surface area contributed by atoms with Crippen LogP contribution in [0.4, 0.5) is 0 Å². The maximum absolute atomic E-state index is 5.52. The zero-order valence-corrected chi connectivity index (χ0v) is 16.3. The molecule has 0 aliphatic carbocycles. The largest absolute Gasteiger partial charge is 0.381 e. The third-order valence-electron chi connectivity index (χ3n) is 5.62. The van der Waals surface area contributed by atoms with Crippen LogP contribution in [0.25, 0.3) is 5.69 Å². The lowest BCUT2D eigenvalue weighted by atomic mass is 9.92. The van der Waals surface area contributed by atoms with Gasteiger partial charge in [0, 0.05) is 25.3 Å². The predicted octanol–water partition coefficient (Wildman–Crippen LogP) is 3.28. The van der Waals surface area contributed by atoms with Gasteiger partial charge in [0.25, 0.3) is 0 Å². The monoisotopic (exact) mass is 372 g/mol. The summed E-state index contributed by atoms with van der Waals surface area (Å²) in [6.07, 6.45) is 6.83. The Hall–Kier alpha value is -1.37. The average molecular weight is 373 g/mol. The van der Waals surface area contributed by atoms with E-state index < -0.39 is 0 Å². The van der Waals surface area contributed by atoms with E-state index in [0.717, 1.165) is 42.2 Å². The average Bonchev–Trinajstić information content (AvgIpc) is 3.33. The van der Waals surface area contributed by atoms with Crippen LogP contribution in [-0.2, 0) is 11.2 Å². The second kappa shape index (κ2) is 8.55. The molecule has 0 saturated carbocycles. The zero-order valence-electron chi connectivity index (χ0n) is 15.5. The van der Waals surface area contributed by atoms with E-state index in [1.165, 1.54) is 38.9 Å². The van der Waals surface area contributed by atoms with Gasteiger partial charge in [-0.3, -0.25) is 4.57 Å². The van der Waals surface area contributed by atoms with Crippen molar-refractivity contribution in [3.63, 3.8) is 0 Å². The SMILES string of the molecule is CSc1nnc(CC2CCN(CC3CCOC3)CC2)n1-c1ccccc1. The molecule has 0 radical (unpaired) electrons. The van der Waals surface area contributed by atoms with Gasteiger partial charge >= 0.3 is 0 Å². The van der Waals surface area contributed by atoms with E-state index in [0.29, 0.717) is 5.92 Å². The molecular formula is C20H28N4OS. The van der Waals surface area contributed by atoms with Crippen LogP contribution >= 0.6 is 11.8 Å².